The Morgan fingerprint density at radius 3 is 2.57 bits per heavy atom. The lowest BCUT2D eigenvalue weighted by Gasteiger charge is -2.38. The van der Waals surface area contributed by atoms with E-state index >= 15 is 0 Å². The molecule has 0 atom stereocenters. The Balaban J connectivity index is 2.51. The van der Waals surface area contributed by atoms with E-state index in [0.717, 1.165) is 16.6 Å². The number of fused-ring (bicyclic) bond motifs is 1. The number of carboxylic acid groups (broad SMARTS) is 1. The Morgan fingerprint density at radius 2 is 2.00 bits per heavy atom. The molecule has 114 valence electrons. The maximum atomic E-state index is 10.8. The molecule has 0 radical (unpaired) electrons. The van der Waals surface area contributed by atoms with Gasteiger partial charge in [0.1, 0.15) is 5.65 Å². The summed E-state index contributed by atoms with van der Waals surface area (Å²) in [6, 6.07) is 4.02. The summed E-state index contributed by atoms with van der Waals surface area (Å²) >= 11 is 0. The maximum Gasteiger partial charge on any atom is 0.303 e. The number of aliphatic carboxylic acids is 1. The number of carboxylic acids is 1. The average molecular weight is 304 g/mol. The van der Waals surface area contributed by atoms with Gasteiger partial charge in [0, 0.05) is 18.0 Å². The van der Waals surface area contributed by atoms with Crippen molar-refractivity contribution in [2.75, 3.05) is 0 Å². The fourth-order valence-electron chi connectivity index (χ4n) is 2.37. The van der Waals surface area contributed by atoms with Crippen LogP contribution in [0.5, 0.6) is 0 Å². The largest absolute Gasteiger partial charge is 0.481 e. The van der Waals surface area contributed by atoms with Crippen molar-refractivity contribution < 1.29 is 9.90 Å². The Hall–Kier alpha value is -1.62. The molecule has 0 aliphatic rings. The third kappa shape index (κ3) is 2.88. The number of aryl methyl sites for hydroxylation is 1. The standard InChI is InChI=1S/C16H24N2O2Si/c1-16(2,3)21(4,5)18-11-9-13-12(6-7-14(19)20)8-10-17-15(13)18/h8-11H,6-7H2,1-5H3,(H,19,20). The lowest BCUT2D eigenvalue weighted by atomic mass is 10.1. The van der Waals surface area contributed by atoms with E-state index in [9.17, 15) is 4.79 Å². The van der Waals surface area contributed by atoms with Crippen LogP contribution in [0.2, 0.25) is 18.1 Å². The van der Waals surface area contributed by atoms with E-state index in [1.165, 1.54) is 0 Å². The molecule has 0 saturated carbocycles. The highest BCUT2D eigenvalue weighted by atomic mass is 28.3. The SMILES string of the molecule is CC(C)(C)[Si](C)(C)n1ccc2c(CCC(=O)O)ccnc21. The minimum atomic E-state index is -1.72. The second-order valence-corrected chi connectivity index (χ2v) is 12.2. The average Bonchev–Trinajstić information content (AvgIpc) is 2.79. The quantitative estimate of drug-likeness (QED) is 0.871. The van der Waals surface area contributed by atoms with E-state index < -0.39 is 14.2 Å². The highest BCUT2D eigenvalue weighted by Gasteiger charge is 2.38. The summed E-state index contributed by atoms with van der Waals surface area (Å²) in [6.45, 7) is 11.5. The minimum absolute atomic E-state index is 0.157. The zero-order valence-electron chi connectivity index (χ0n) is 13.5. The van der Waals surface area contributed by atoms with Crippen LogP contribution in [0, 0.1) is 0 Å². The second-order valence-electron chi connectivity index (χ2n) is 7.10. The van der Waals surface area contributed by atoms with Crippen LogP contribution in [0.4, 0.5) is 0 Å². The molecule has 2 aromatic heterocycles. The van der Waals surface area contributed by atoms with Crippen LogP contribution in [0.15, 0.2) is 24.5 Å². The van der Waals surface area contributed by atoms with Crippen LogP contribution in [0.1, 0.15) is 32.8 Å². The summed E-state index contributed by atoms with van der Waals surface area (Å²) in [5, 5.41) is 10.2. The molecule has 5 heteroatoms. The van der Waals surface area contributed by atoms with Crippen LogP contribution in [-0.4, -0.2) is 28.5 Å². The van der Waals surface area contributed by atoms with Crippen LogP contribution in [-0.2, 0) is 11.2 Å². The van der Waals surface area contributed by atoms with Gasteiger partial charge in [0.05, 0.1) is 0 Å². The molecule has 0 fully saturated rings. The molecule has 2 rings (SSSR count). The lowest BCUT2D eigenvalue weighted by molar-refractivity contribution is -0.136. The minimum Gasteiger partial charge on any atom is -0.481 e. The van der Waals surface area contributed by atoms with Gasteiger partial charge in [-0.15, -0.1) is 0 Å². The van der Waals surface area contributed by atoms with Gasteiger partial charge in [0.25, 0.3) is 0 Å². The maximum absolute atomic E-state index is 10.8. The van der Waals surface area contributed by atoms with E-state index in [1.807, 2.05) is 6.07 Å². The second kappa shape index (κ2) is 5.29. The molecule has 0 aliphatic heterocycles. The van der Waals surface area contributed by atoms with Crippen LogP contribution < -0.4 is 0 Å². The molecule has 2 aromatic rings. The fraction of sp³-hybridized carbons (Fsp3) is 0.500. The highest BCUT2D eigenvalue weighted by molar-refractivity contribution is 6.79. The molecule has 0 bridgehead atoms. The van der Waals surface area contributed by atoms with E-state index in [-0.39, 0.29) is 11.5 Å². The van der Waals surface area contributed by atoms with Gasteiger partial charge in [-0.2, -0.15) is 0 Å². The number of hydrogen-bond donors (Lipinski definition) is 1. The normalized spacial score (nSPS) is 12.8. The van der Waals surface area contributed by atoms with Gasteiger partial charge in [0.15, 0.2) is 8.24 Å². The number of aromatic nitrogens is 2. The third-order valence-electron chi connectivity index (χ3n) is 4.72. The summed E-state index contributed by atoms with van der Waals surface area (Å²) in [5.41, 5.74) is 2.06. The summed E-state index contributed by atoms with van der Waals surface area (Å²) in [6.07, 6.45) is 4.63. The lowest BCUT2D eigenvalue weighted by Crippen LogP contribution is -2.45. The Bertz CT molecular complexity index is 668. The van der Waals surface area contributed by atoms with Gasteiger partial charge in [-0.05, 0) is 35.4 Å². The first-order valence-electron chi connectivity index (χ1n) is 7.32. The topological polar surface area (TPSA) is 55.1 Å². The molecule has 0 aliphatic carbocycles. The van der Waals surface area contributed by atoms with Crippen molar-refractivity contribution in [2.45, 2.75) is 51.7 Å². The molecule has 0 amide bonds. The Labute approximate surface area is 126 Å². The zero-order chi connectivity index (χ0) is 15.8. The number of rotatable bonds is 4. The van der Waals surface area contributed by atoms with E-state index in [0.29, 0.717) is 6.42 Å². The monoisotopic (exact) mass is 304 g/mol. The molecular formula is C16H24N2O2Si. The number of pyridine rings is 1. The highest BCUT2D eigenvalue weighted by Crippen LogP contribution is 2.38. The summed E-state index contributed by atoms with van der Waals surface area (Å²) in [5.74, 6) is -0.760. The fourth-order valence-corrected chi connectivity index (χ4v) is 4.24. The van der Waals surface area contributed by atoms with Crippen molar-refractivity contribution in [3.8, 4) is 0 Å². The molecular weight excluding hydrogens is 280 g/mol. The molecule has 2 heterocycles. The van der Waals surface area contributed by atoms with Crippen molar-refractivity contribution >= 4 is 25.2 Å². The van der Waals surface area contributed by atoms with Crippen LogP contribution in [0.3, 0.4) is 0 Å². The molecule has 21 heavy (non-hydrogen) atoms. The van der Waals surface area contributed by atoms with Gasteiger partial charge in [-0.3, -0.25) is 4.79 Å². The molecule has 0 saturated heterocycles. The first-order valence-corrected chi connectivity index (χ1v) is 10.3. The van der Waals surface area contributed by atoms with Gasteiger partial charge in [-0.25, -0.2) is 4.98 Å². The molecule has 1 N–H and O–H groups in total. The number of carbonyl (C=O) groups is 1. The van der Waals surface area contributed by atoms with Crippen LogP contribution in [0.25, 0.3) is 11.0 Å². The zero-order valence-corrected chi connectivity index (χ0v) is 14.5. The number of hydrogen-bond acceptors (Lipinski definition) is 2. The first kappa shape index (κ1) is 15.8. The molecule has 0 unspecified atom stereocenters. The van der Waals surface area contributed by atoms with Crippen molar-refractivity contribution in [1.82, 2.24) is 9.22 Å². The van der Waals surface area contributed by atoms with E-state index in [4.69, 9.17) is 5.11 Å². The molecule has 0 spiro atoms. The summed E-state index contributed by atoms with van der Waals surface area (Å²) < 4.78 is 2.34. The van der Waals surface area contributed by atoms with Gasteiger partial charge in [0.2, 0.25) is 0 Å². The van der Waals surface area contributed by atoms with Gasteiger partial charge < -0.3 is 9.34 Å². The van der Waals surface area contributed by atoms with Gasteiger partial charge >= 0.3 is 5.97 Å². The van der Waals surface area contributed by atoms with Crippen molar-refractivity contribution in [2.24, 2.45) is 0 Å². The van der Waals surface area contributed by atoms with Gasteiger partial charge in [-0.1, -0.05) is 33.9 Å². The van der Waals surface area contributed by atoms with E-state index in [1.54, 1.807) is 6.20 Å². The smallest absolute Gasteiger partial charge is 0.303 e. The van der Waals surface area contributed by atoms with Crippen molar-refractivity contribution in [3.05, 3.63) is 30.1 Å². The molecule has 4 nitrogen and oxygen atoms in total. The van der Waals surface area contributed by atoms with E-state index in [2.05, 4.69) is 55.3 Å². The number of nitrogens with zero attached hydrogens (tertiary/aromatic N) is 2. The Kier molecular flexibility index (Phi) is 3.97. The van der Waals surface area contributed by atoms with Crippen LogP contribution >= 0.6 is 0 Å². The predicted octanol–water partition coefficient (Wildman–Crippen LogP) is 3.91. The summed E-state index contributed by atoms with van der Waals surface area (Å²) in [7, 11) is -1.72. The Morgan fingerprint density at radius 1 is 1.33 bits per heavy atom. The predicted molar refractivity (Wildman–Crippen MR) is 88.3 cm³/mol. The van der Waals surface area contributed by atoms with Crippen molar-refractivity contribution in [1.29, 1.82) is 0 Å². The summed E-state index contributed by atoms with van der Waals surface area (Å²) in [4.78, 5) is 15.3. The third-order valence-corrected chi connectivity index (χ3v) is 9.96. The van der Waals surface area contributed by atoms with Crippen molar-refractivity contribution in [3.63, 3.8) is 0 Å². The first-order chi connectivity index (χ1) is 9.64. The molecule has 0 aromatic carbocycles.